The van der Waals surface area contributed by atoms with Gasteiger partial charge in [-0.3, -0.25) is 14.5 Å². The second-order valence-corrected chi connectivity index (χ2v) is 25.6. The highest BCUT2D eigenvalue weighted by molar-refractivity contribution is 7.90. The standard InChI is InChI=1S/C43H69N5O11SSi/c1-10-29-27-43(29,46-36(49)34-26-31(59-61(8,9)42(5,6)7)28-48(34)40(54)58-41(2,3)4)38(52)47-60(55,56)35-24-18-17-22-32(35)44-25-19-13-11-12-14-23-33(37(50)51)45-39(53)57-30-20-15-16-21-30/h10,17-18,22,24,29-31,33-34,44H,1,11-16,19-21,23,25-28H2,2-9H3,(H,45,53)(H,46,49)(H,47,52)(H,50,51)/t29-,31-,33+,34+,43-/m1/s1. The van der Waals surface area contributed by atoms with Gasteiger partial charge in [0.25, 0.3) is 15.9 Å². The van der Waals surface area contributed by atoms with E-state index in [1.165, 1.54) is 17.0 Å². The number of ether oxygens (including phenoxy) is 2. The summed E-state index contributed by atoms with van der Waals surface area (Å²) in [5.41, 5.74) is -2.14. The number of anilines is 1. The molecule has 0 radical (unpaired) electrons. The number of carbonyl (C=O) groups excluding carboxylic acids is 4. The van der Waals surface area contributed by atoms with Crippen LogP contribution in [0.25, 0.3) is 0 Å². The summed E-state index contributed by atoms with van der Waals surface area (Å²) in [5, 5.41) is 17.9. The summed E-state index contributed by atoms with van der Waals surface area (Å²) in [4.78, 5) is 66.5. The van der Waals surface area contributed by atoms with Gasteiger partial charge < -0.3 is 35.0 Å². The van der Waals surface area contributed by atoms with Crippen molar-refractivity contribution >= 4 is 54.0 Å². The number of alkyl carbamates (subject to hydrolysis) is 1. The number of aliphatic carboxylic acids is 1. The van der Waals surface area contributed by atoms with Gasteiger partial charge in [-0.25, -0.2) is 27.5 Å². The van der Waals surface area contributed by atoms with Gasteiger partial charge in [-0.2, -0.15) is 0 Å². The molecule has 5 atom stereocenters. The Labute approximate surface area is 362 Å². The van der Waals surface area contributed by atoms with Crippen LogP contribution in [0.3, 0.4) is 0 Å². The minimum Gasteiger partial charge on any atom is -0.480 e. The van der Waals surface area contributed by atoms with Crippen LogP contribution in [0.2, 0.25) is 18.1 Å². The van der Waals surface area contributed by atoms with Gasteiger partial charge in [0.15, 0.2) is 8.32 Å². The van der Waals surface area contributed by atoms with Crippen molar-refractivity contribution in [3.8, 4) is 0 Å². The van der Waals surface area contributed by atoms with E-state index in [4.69, 9.17) is 13.9 Å². The Balaban J connectivity index is 1.32. The van der Waals surface area contributed by atoms with E-state index in [-0.39, 0.29) is 41.8 Å². The Morgan fingerprint density at radius 1 is 0.984 bits per heavy atom. The number of sulfonamides is 1. The summed E-state index contributed by atoms with van der Waals surface area (Å²) in [6.07, 6.45) is 7.29. The number of nitrogens with zero attached hydrogens (tertiary/aromatic N) is 1. The van der Waals surface area contributed by atoms with Crippen molar-refractivity contribution in [3.05, 3.63) is 36.9 Å². The number of likely N-dealkylation sites (tertiary alicyclic amines) is 1. The molecule has 1 saturated heterocycles. The molecule has 16 nitrogen and oxygen atoms in total. The molecule has 1 aromatic carbocycles. The van der Waals surface area contributed by atoms with Gasteiger partial charge in [-0.05, 0) is 96.0 Å². The maximum absolute atomic E-state index is 14.1. The van der Waals surface area contributed by atoms with Crippen LogP contribution in [-0.2, 0) is 38.3 Å². The maximum Gasteiger partial charge on any atom is 0.411 e. The van der Waals surface area contributed by atoms with E-state index in [1.807, 2.05) is 0 Å². The molecule has 0 aromatic heterocycles. The highest BCUT2D eigenvalue weighted by Crippen LogP contribution is 2.46. The third-order valence-corrected chi connectivity index (χ3v) is 18.0. The first-order valence-electron chi connectivity index (χ1n) is 21.6. The van der Waals surface area contributed by atoms with Gasteiger partial charge in [0.05, 0.1) is 11.8 Å². The molecule has 2 aliphatic carbocycles. The molecular weight excluding hydrogens is 823 g/mol. The lowest BCUT2D eigenvalue weighted by molar-refractivity contribution is -0.139. The van der Waals surface area contributed by atoms with E-state index in [9.17, 15) is 37.5 Å². The molecule has 342 valence electrons. The first-order chi connectivity index (χ1) is 28.4. The third kappa shape index (κ3) is 13.7. The zero-order valence-corrected chi connectivity index (χ0v) is 39.1. The number of unbranched alkanes of at least 4 members (excludes halogenated alkanes) is 4. The smallest absolute Gasteiger partial charge is 0.411 e. The number of rotatable bonds is 20. The largest absolute Gasteiger partial charge is 0.480 e. The zero-order chi connectivity index (χ0) is 45.4. The van der Waals surface area contributed by atoms with Crippen molar-refractivity contribution in [2.45, 2.75) is 177 Å². The summed E-state index contributed by atoms with van der Waals surface area (Å²) in [6.45, 7) is 20.0. The summed E-state index contributed by atoms with van der Waals surface area (Å²) in [7, 11) is -6.73. The summed E-state index contributed by atoms with van der Waals surface area (Å²) >= 11 is 0. The van der Waals surface area contributed by atoms with Crippen LogP contribution in [0.4, 0.5) is 15.3 Å². The molecule has 1 aliphatic heterocycles. The van der Waals surface area contributed by atoms with Crippen molar-refractivity contribution in [1.29, 1.82) is 0 Å². The molecule has 1 aromatic rings. The Kier molecular flexibility index (Phi) is 16.5. The van der Waals surface area contributed by atoms with Gasteiger partial charge in [0.1, 0.15) is 34.2 Å². The molecule has 2 saturated carbocycles. The van der Waals surface area contributed by atoms with Crippen molar-refractivity contribution in [1.82, 2.24) is 20.3 Å². The second-order valence-electron chi connectivity index (χ2n) is 19.2. The van der Waals surface area contributed by atoms with Crippen LogP contribution < -0.4 is 20.7 Å². The topological polar surface area (TPSA) is 219 Å². The molecule has 1 heterocycles. The number of carbonyl (C=O) groups is 5. The molecule has 4 amide bonds. The van der Waals surface area contributed by atoms with Gasteiger partial charge in [0.2, 0.25) is 5.91 Å². The van der Waals surface area contributed by atoms with E-state index in [1.54, 1.807) is 39.0 Å². The third-order valence-electron chi connectivity index (χ3n) is 12.1. The fraction of sp³-hybridized carbons (Fsp3) is 0.698. The minimum absolute atomic E-state index is 0.117. The number of nitrogens with one attached hydrogen (secondary N) is 4. The van der Waals surface area contributed by atoms with Crippen molar-refractivity contribution in [3.63, 3.8) is 0 Å². The monoisotopic (exact) mass is 891 g/mol. The predicted molar refractivity (Wildman–Crippen MR) is 234 cm³/mol. The SMILES string of the molecule is C=C[C@@H]1C[C@]1(NC(=O)[C@@H]1C[C@@H](O[Si](C)(C)C(C)(C)C)CN1C(=O)OC(C)(C)C)C(=O)NS(=O)(=O)c1ccccc1NCCCCCCC[C@H](NC(=O)OC1CCCC1)C(=O)O. The summed E-state index contributed by atoms with van der Waals surface area (Å²) < 4.78 is 47.4. The molecule has 18 heteroatoms. The molecule has 61 heavy (non-hydrogen) atoms. The van der Waals surface area contributed by atoms with Crippen LogP contribution in [0.1, 0.15) is 119 Å². The number of benzene rings is 1. The van der Waals surface area contributed by atoms with E-state index >= 15 is 0 Å². The van der Waals surface area contributed by atoms with Crippen LogP contribution >= 0.6 is 0 Å². The number of carboxylic acids is 1. The van der Waals surface area contributed by atoms with Gasteiger partial charge in [-0.1, -0.05) is 64.7 Å². The average Bonchev–Trinajstić information content (AvgIpc) is 3.40. The Hall–Kier alpha value is -4.16. The number of amides is 4. The number of hydrogen-bond donors (Lipinski definition) is 5. The first-order valence-corrected chi connectivity index (χ1v) is 26.0. The van der Waals surface area contributed by atoms with Crippen LogP contribution in [-0.4, -0.2) is 105 Å². The fourth-order valence-electron chi connectivity index (χ4n) is 7.52. The molecule has 3 fully saturated rings. The Morgan fingerprint density at radius 2 is 1.62 bits per heavy atom. The molecule has 0 spiro atoms. The number of hydrogen-bond acceptors (Lipinski definition) is 11. The number of carboxylic acid groups (broad SMARTS) is 1. The molecule has 5 N–H and O–H groups in total. The Morgan fingerprint density at radius 3 is 2.23 bits per heavy atom. The van der Waals surface area contributed by atoms with Gasteiger partial charge in [-0.15, -0.1) is 6.58 Å². The zero-order valence-electron chi connectivity index (χ0n) is 37.3. The lowest BCUT2D eigenvalue weighted by Crippen LogP contribution is -2.56. The highest BCUT2D eigenvalue weighted by atomic mass is 32.2. The average molecular weight is 892 g/mol. The molecule has 0 unspecified atom stereocenters. The quantitative estimate of drug-likeness (QED) is 0.0517. The lowest BCUT2D eigenvalue weighted by Gasteiger charge is -2.38. The lowest BCUT2D eigenvalue weighted by atomic mass is 10.1. The van der Waals surface area contributed by atoms with Crippen LogP contribution in [0.15, 0.2) is 41.8 Å². The predicted octanol–water partition coefficient (Wildman–Crippen LogP) is 6.83. The molecule has 3 aliphatic rings. The first kappa shape index (κ1) is 49.5. The normalized spacial score (nSPS) is 22.5. The van der Waals surface area contributed by atoms with Crippen molar-refractivity contribution < 1.29 is 51.4 Å². The summed E-state index contributed by atoms with van der Waals surface area (Å²) in [6, 6.07) is 4.16. The van der Waals surface area contributed by atoms with Crippen LogP contribution in [0.5, 0.6) is 0 Å². The van der Waals surface area contributed by atoms with E-state index < -0.39 is 83.6 Å². The van der Waals surface area contributed by atoms with E-state index in [0.717, 1.165) is 44.9 Å². The fourth-order valence-corrected chi connectivity index (χ4v) is 10.1. The molecule has 0 bridgehead atoms. The van der Waals surface area contributed by atoms with E-state index in [2.05, 4.69) is 61.1 Å². The van der Waals surface area contributed by atoms with Crippen molar-refractivity contribution in [2.24, 2.45) is 5.92 Å². The molecule has 4 rings (SSSR count). The molecular formula is C43H69N5O11SSi. The highest BCUT2D eigenvalue weighted by Gasteiger charge is 2.61. The second kappa shape index (κ2) is 20.3. The van der Waals surface area contributed by atoms with Gasteiger partial charge in [0, 0.05) is 25.4 Å². The van der Waals surface area contributed by atoms with Crippen LogP contribution in [0, 0.1) is 5.92 Å². The number of para-hydroxylation sites is 1. The van der Waals surface area contributed by atoms with Crippen molar-refractivity contribution in [2.75, 3.05) is 18.4 Å². The summed E-state index contributed by atoms with van der Waals surface area (Å²) in [5.74, 6) is -3.20. The Bertz CT molecular complexity index is 1860. The van der Waals surface area contributed by atoms with Gasteiger partial charge >= 0.3 is 18.2 Å². The van der Waals surface area contributed by atoms with E-state index in [0.29, 0.717) is 25.1 Å². The maximum atomic E-state index is 14.1. The minimum atomic E-state index is -4.43.